The molecule has 2 N–H and O–H groups in total. The zero-order valence-corrected chi connectivity index (χ0v) is 16.3. The highest BCUT2D eigenvalue weighted by Crippen LogP contribution is 2.10. The highest BCUT2D eigenvalue weighted by Gasteiger charge is 2.18. The van der Waals surface area contributed by atoms with Crippen molar-refractivity contribution in [1.29, 1.82) is 0 Å². The van der Waals surface area contributed by atoms with E-state index in [-0.39, 0.29) is 18.1 Å². The van der Waals surface area contributed by atoms with Crippen molar-refractivity contribution in [1.82, 2.24) is 14.9 Å². The maximum atomic E-state index is 13.1. The number of rotatable bonds is 9. The van der Waals surface area contributed by atoms with Crippen LogP contribution in [0.2, 0.25) is 0 Å². The second-order valence-corrected chi connectivity index (χ2v) is 7.74. The van der Waals surface area contributed by atoms with E-state index >= 15 is 0 Å². The van der Waals surface area contributed by atoms with E-state index in [0.717, 1.165) is 17.5 Å². The summed E-state index contributed by atoms with van der Waals surface area (Å²) in [4.78, 5) is 4.09. The monoisotopic (exact) mass is 372 g/mol. The van der Waals surface area contributed by atoms with Crippen LogP contribution in [-0.2, 0) is 16.4 Å². The van der Waals surface area contributed by atoms with Crippen molar-refractivity contribution in [2.75, 3.05) is 39.0 Å². The number of halogens is 1. The summed E-state index contributed by atoms with van der Waals surface area (Å²) in [6.45, 7) is 7.39. The van der Waals surface area contributed by atoms with Crippen molar-refractivity contribution in [3.8, 4) is 0 Å². The molecule has 0 amide bonds. The van der Waals surface area contributed by atoms with Gasteiger partial charge in [-0.15, -0.1) is 0 Å². The van der Waals surface area contributed by atoms with Crippen LogP contribution in [0.25, 0.3) is 0 Å². The summed E-state index contributed by atoms with van der Waals surface area (Å²) >= 11 is 0. The Hall–Kier alpha value is -1.67. The van der Waals surface area contributed by atoms with Crippen LogP contribution in [0.3, 0.4) is 0 Å². The maximum absolute atomic E-state index is 13.1. The van der Waals surface area contributed by atoms with Gasteiger partial charge in [-0.3, -0.25) is 4.99 Å². The number of aliphatic imine (C=N–C) groups is 1. The molecule has 0 unspecified atom stereocenters. The highest BCUT2D eigenvalue weighted by molar-refractivity contribution is 7.89. The normalized spacial score (nSPS) is 12.5. The molecule has 0 aliphatic carbocycles. The van der Waals surface area contributed by atoms with Crippen LogP contribution in [-0.4, -0.2) is 57.7 Å². The summed E-state index contributed by atoms with van der Waals surface area (Å²) < 4.78 is 38.8. The van der Waals surface area contributed by atoms with Crippen LogP contribution < -0.4 is 10.6 Å². The van der Waals surface area contributed by atoms with Crippen molar-refractivity contribution < 1.29 is 12.8 Å². The number of hydrogen-bond acceptors (Lipinski definition) is 3. The third-order valence-corrected chi connectivity index (χ3v) is 5.99. The molecular weight excluding hydrogens is 343 g/mol. The van der Waals surface area contributed by atoms with Gasteiger partial charge in [-0.05, 0) is 36.6 Å². The maximum Gasteiger partial charge on any atom is 0.215 e. The van der Waals surface area contributed by atoms with E-state index in [2.05, 4.69) is 15.6 Å². The van der Waals surface area contributed by atoms with E-state index in [0.29, 0.717) is 25.6 Å². The molecule has 1 rings (SSSR count). The van der Waals surface area contributed by atoms with E-state index in [9.17, 15) is 12.8 Å². The number of hydrogen-bond donors (Lipinski definition) is 2. The average molecular weight is 373 g/mol. The van der Waals surface area contributed by atoms with Crippen LogP contribution >= 0.6 is 0 Å². The summed E-state index contributed by atoms with van der Waals surface area (Å²) in [5.41, 5.74) is 1.98. The van der Waals surface area contributed by atoms with Crippen molar-refractivity contribution in [3.05, 3.63) is 35.1 Å². The van der Waals surface area contributed by atoms with Gasteiger partial charge in [-0.25, -0.2) is 17.1 Å². The van der Waals surface area contributed by atoms with Gasteiger partial charge >= 0.3 is 0 Å². The lowest BCUT2D eigenvalue weighted by Gasteiger charge is -2.19. The third kappa shape index (κ3) is 6.99. The van der Waals surface area contributed by atoms with Crippen LogP contribution in [0.15, 0.2) is 23.2 Å². The molecule has 0 aromatic heterocycles. The second kappa shape index (κ2) is 10.4. The molecule has 25 heavy (non-hydrogen) atoms. The minimum absolute atomic E-state index is 0.0203. The van der Waals surface area contributed by atoms with Crippen LogP contribution in [0.5, 0.6) is 0 Å². The first-order chi connectivity index (χ1) is 11.8. The molecule has 1 aromatic rings. The average Bonchev–Trinajstić information content (AvgIpc) is 2.56. The Morgan fingerprint density at radius 3 is 2.40 bits per heavy atom. The molecule has 1 aromatic carbocycles. The van der Waals surface area contributed by atoms with Gasteiger partial charge in [0.2, 0.25) is 10.0 Å². The fraction of sp³-hybridized carbons (Fsp3) is 0.588. The minimum atomic E-state index is -3.25. The van der Waals surface area contributed by atoms with Gasteiger partial charge in [0.25, 0.3) is 0 Å². The first-order valence-corrected chi connectivity index (χ1v) is 10.1. The van der Waals surface area contributed by atoms with E-state index in [4.69, 9.17) is 0 Å². The van der Waals surface area contributed by atoms with Crippen LogP contribution in [0, 0.1) is 12.7 Å². The zero-order chi connectivity index (χ0) is 18.9. The number of aryl methyl sites for hydroxylation is 1. The van der Waals surface area contributed by atoms with E-state index in [1.54, 1.807) is 13.1 Å². The largest absolute Gasteiger partial charge is 0.356 e. The van der Waals surface area contributed by atoms with Gasteiger partial charge in [0, 0.05) is 33.2 Å². The summed E-state index contributed by atoms with van der Waals surface area (Å²) in [6, 6.07) is 4.74. The lowest BCUT2D eigenvalue weighted by atomic mass is 10.1. The SMILES string of the molecule is CCN(CC)S(=O)(=O)CCNC(=NC)NCCc1ccc(F)cc1C. The summed E-state index contributed by atoms with van der Waals surface area (Å²) in [5, 5.41) is 6.15. The van der Waals surface area contributed by atoms with Crippen molar-refractivity contribution in [2.24, 2.45) is 4.99 Å². The lowest BCUT2D eigenvalue weighted by molar-refractivity contribution is 0.445. The molecular formula is C17H29FN4O2S. The smallest absolute Gasteiger partial charge is 0.215 e. The van der Waals surface area contributed by atoms with Crippen molar-refractivity contribution >= 4 is 16.0 Å². The van der Waals surface area contributed by atoms with E-state index in [1.165, 1.54) is 16.4 Å². The second-order valence-electron chi connectivity index (χ2n) is 5.65. The Morgan fingerprint density at radius 1 is 1.20 bits per heavy atom. The Bertz CT molecular complexity index is 673. The molecule has 0 saturated heterocycles. The van der Waals surface area contributed by atoms with Gasteiger partial charge in [0.05, 0.1) is 5.75 Å². The van der Waals surface area contributed by atoms with Crippen LogP contribution in [0.4, 0.5) is 4.39 Å². The first kappa shape index (κ1) is 21.4. The number of nitrogens with zero attached hydrogens (tertiary/aromatic N) is 2. The molecule has 0 bridgehead atoms. The molecule has 0 heterocycles. The fourth-order valence-corrected chi connectivity index (χ4v) is 3.93. The standard InChI is InChI=1S/C17H29FN4O2S/c1-5-22(6-2)25(23,24)12-11-21-17(19-4)20-10-9-15-7-8-16(18)13-14(15)3/h7-8,13H,5-6,9-12H2,1-4H3,(H2,19,20,21). The number of guanidine groups is 1. The summed E-state index contributed by atoms with van der Waals surface area (Å²) in [5.74, 6) is 0.336. The molecule has 0 saturated carbocycles. The summed E-state index contributed by atoms with van der Waals surface area (Å²) in [6.07, 6.45) is 0.727. The van der Waals surface area contributed by atoms with Gasteiger partial charge in [-0.1, -0.05) is 19.9 Å². The Morgan fingerprint density at radius 2 is 1.84 bits per heavy atom. The predicted molar refractivity (Wildman–Crippen MR) is 101 cm³/mol. The number of sulfonamides is 1. The van der Waals surface area contributed by atoms with Gasteiger partial charge in [0.15, 0.2) is 5.96 Å². The Kier molecular flexibility index (Phi) is 8.85. The van der Waals surface area contributed by atoms with Crippen LogP contribution in [0.1, 0.15) is 25.0 Å². The van der Waals surface area contributed by atoms with E-state index < -0.39 is 10.0 Å². The molecule has 0 radical (unpaired) electrons. The zero-order valence-electron chi connectivity index (χ0n) is 15.5. The lowest BCUT2D eigenvalue weighted by Crippen LogP contribution is -2.42. The molecule has 0 atom stereocenters. The predicted octanol–water partition coefficient (Wildman–Crippen LogP) is 1.51. The Labute approximate surface area is 150 Å². The Balaban J connectivity index is 2.43. The molecule has 8 heteroatoms. The molecule has 0 spiro atoms. The van der Waals surface area contributed by atoms with Gasteiger partial charge < -0.3 is 10.6 Å². The molecule has 0 aliphatic heterocycles. The quantitative estimate of drug-likeness (QED) is 0.509. The van der Waals surface area contributed by atoms with Gasteiger partial charge in [-0.2, -0.15) is 0 Å². The third-order valence-electron chi connectivity index (χ3n) is 3.97. The first-order valence-electron chi connectivity index (χ1n) is 8.51. The molecule has 6 nitrogen and oxygen atoms in total. The van der Waals surface area contributed by atoms with Crippen molar-refractivity contribution in [3.63, 3.8) is 0 Å². The molecule has 0 fully saturated rings. The molecule has 142 valence electrons. The van der Waals surface area contributed by atoms with Crippen molar-refractivity contribution in [2.45, 2.75) is 27.2 Å². The number of nitrogens with one attached hydrogen (secondary N) is 2. The minimum Gasteiger partial charge on any atom is -0.356 e. The molecule has 0 aliphatic rings. The van der Waals surface area contributed by atoms with E-state index in [1.807, 2.05) is 20.8 Å². The number of benzene rings is 1. The fourth-order valence-electron chi connectivity index (χ4n) is 2.52. The topological polar surface area (TPSA) is 73.8 Å². The highest BCUT2D eigenvalue weighted by atomic mass is 32.2. The van der Waals surface area contributed by atoms with Gasteiger partial charge in [0.1, 0.15) is 5.82 Å². The summed E-state index contributed by atoms with van der Waals surface area (Å²) in [7, 11) is -1.61.